The quantitative estimate of drug-likeness (QED) is 0.290. The Balaban J connectivity index is 2.69. The van der Waals surface area contributed by atoms with Gasteiger partial charge in [-0.1, -0.05) is 87.1 Å². The lowest BCUT2D eigenvalue weighted by atomic mass is 10.1. The van der Waals surface area contributed by atoms with Crippen molar-refractivity contribution in [2.75, 3.05) is 0 Å². The van der Waals surface area contributed by atoms with E-state index in [1.165, 1.54) is 24.0 Å². The van der Waals surface area contributed by atoms with Gasteiger partial charge in [0.25, 0.3) is 0 Å². The zero-order chi connectivity index (χ0) is 26.7. The highest BCUT2D eigenvalue weighted by molar-refractivity contribution is 5.75. The van der Waals surface area contributed by atoms with Crippen LogP contribution < -0.4 is 5.36 Å². The van der Waals surface area contributed by atoms with Gasteiger partial charge in [0.1, 0.15) is 0 Å². The average Bonchev–Trinajstić information content (AvgIpc) is 3.68. The second-order valence-corrected chi connectivity index (χ2v) is 9.85. The maximum absolute atomic E-state index is 5.14. The largest absolute Gasteiger partial charge is 0.257 e. The molecule has 0 saturated heterocycles. The molecule has 1 heterocycles. The van der Waals surface area contributed by atoms with Gasteiger partial charge in [-0.2, -0.15) is 0 Å². The first kappa shape index (κ1) is 29.0. The first-order valence-electron chi connectivity index (χ1n) is 13.1. The van der Waals surface area contributed by atoms with Gasteiger partial charge >= 0.3 is 0 Å². The lowest BCUT2D eigenvalue weighted by Gasteiger charge is -2.03. The summed E-state index contributed by atoms with van der Waals surface area (Å²) in [7, 11) is 0. The Hall–Kier alpha value is -3.26. The molecule has 2 rings (SSSR count). The number of nitrogens with zero attached hydrogens (tertiary/aromatic N) is 2. The number of rotatable bonds is 11. The van der Waals surface area contributed by atoms with Gasteiger partial charge in [0.2, 0.25) is 0 Å². The Morgan fingerprint density at radius 3 is 2.50 bits per heavy atom. The van der Waals surface area contributed by atoms with Crippen molar-refractivity contribution in [2.24, 2.45) is 16.8 Å². The van der Waals surface area contributed by atoms with Gasteiger partial charge in [-0.25, -0.2) is 4.98 Å². The minimum Gasteiger partial charge on any atom is -0.257 e. The molecule has 0 amide bonds. The molecule has 0 aromatic carbocycles. The van der Waals surface area contributed by atoms with Crippen molar-refractivity contribution in [3.8, 4) is 0 Å². The summed E-state index contributed by atoms with van der Waals surface area (Å²) < 4.78 is 0. The van der Waals surface area contributed by atoms with Crippen LogP contribution in [0.25, 0.3) is 11.6 Å². The van der Waals surface area contributed by atoms with Crippen LogP contribution in [-0.4, -0.2) is 4.98 Å². The van der Waals surface area contributed by atoms with Crippen molar-refractivity contribution in [3.63, 3.8) is 0 Å². The standard InChI is InChI=1S/C34H44N2/c1-10-25(6)22-26(7)20-21-35-33-23-27(8)34(30(12-3)15-13-14-24(4)5)36-32(28(33)9)19-18-29(11-2)31-16-17-31/h11-15,18-23,25,31H,3-4,10,16-17H2,1-2,5-9H3/b14-13-,19-18-,21-20+,26-22?,29-11?,30-15+,35-33?. The molecule has 1 unspecified atom stereocenters. The van der Waals surface area contributed by atoms with E-state index < -0.39 is 0 Å². The SMILES string of the molecule is C=C/C(=C\C=C/C(=C)C)c1nc(/C=C\C(=CC)C2CC2)c(C)c(=N/C=C/C(C)=CC(C)CC)cc1C. The maximum atomic E-state index is 5.14. The van der Waals surface area contributed by atoms with Crippen molar-refractivity contribution in [1.82, 2.24) is 4.98 Å². The molecule has 1 saturated carbocycles. The molecular formula is C34H44N2. The van der Waals surface area contributed by atoms with Crippen LogP contribution in [0.1, 0.15) is 76.4 Å². The molecule has 1 aromatic heterocycles. The van der Waals surface area contributed by atoms with Gasteiger partial charge in [0, 0.05) is 11.8 Å². The smallest absolute Gasteiger partial charge is 0.0739 e. The number of aryl methyl sites for hydroxylation is 1. The fourth-order valence-corrected chi connectivity index (χ4v) is 3.87. The molecular weight excluding hydrogens is 436 g/mol. The Kier molecular flexibility index (Phi) is 11.5. The van der Waals surface area contributed by atoms with E-state index in [4.69, 9.17) is 9.98 Å². The molecule has 36 heavy (non-hydrogen) atoms. The summed E-state index contributed by atoms with van der Waals surface area (Å²) >= 11 is 0. The summed E-state index contributed by atoms with van der Waals surface area (Å²) in [5.41, 5.74) is 8.53. The zero-order valence-electron chi connectivity index (χ0n) is 23.4. The lowest BCUT2D eigenvalue weighted by Crippen LogP contribution is -2.04. The van der Waals surface area contributed by atoms with E-state index in [1.54, 1.807) is 0 Å². The second-order valence-electron chi connectivity index (χ2n) is 9.85. The molecule has 0 aliphatic heterocycles. The summed E-state index contributed by atoms with van der Waals surface area (Å²) in [5.74, 6) is 1.25. The fraction of sp³-hybridized carbons (Fsp3) is 0.353. The van der Waals surface area contributed by atoms with Gasteiger partial charge in [0.15, 0.2) is 0 Å². The molecule has 0 radical (unpaired) electrons. The number of hydrogen-bond donors (Lipinski definition) is 0. The monoisotopic (exact) mass is 480 g/mol. The molecule has 0 N–H and O–H groups in total. The topological polar surface area (TPSA) is 25.2 Å². The molecule has 2 nitrogen and oxygen atoms in total. The van der Waals surface area contributed by atoms with E-state index in [9.17, 15) is 0 Å². The van der Waals surface area contributed by atoms with E-state index in [0.717, 1.165) is 45.4 Å². The third-order valence-corrected chi connectivity index (χ3v) is 6.44. The van der Waals surface area contributed by atoms with E-state index >= 15 is 0 Å². The second kappa shape index (κ2) is 14.3. The molecule has 1 aliphatic rings. The zero-order valence-corrected chi connectivity index (χ0v) is 23.4. The first-order valence-corrected chi connectivity index (χ1v) is 13.1. The van der Waals surface area contributed by atoms with E-state index in [-0.39, 0.29) is 0 Å². The Bertz CT molecular complexity index is 1210. The van der Waals surface area contributed by atoms with Gasteiger partial charge in [-0.05, 0) is 94.2 Å². The normalized spacial score (nSPS) is 17.0. The number of hydrogen-bond acceptors (Lipinski definition) is 2. The highest BCUT2D eigenvalue weighted by Gasteiger charge is 2.23. The molecule has 1 aliphatic carbocycles. The average molecular weight is 481 g/mol. The van der Waals surface area contributed by atoms with Gasteiger partial charge in [-0.15, -0.1) is 0 Å². The van der Waals surface area contributed by atoms with E-state index in [0.29, 0.717) is 11.8 Å². The third-order valence-electron chi connectivity index (χ3n) is 6.44. The highest BCUT2D eigenvalue weighted by Crippen LogP contribution is 2.37. The lowest BCUT2D eigenvalue weighted by molar-refractivity contribution is 0.694. The minimum absolute atomic E-state index is 0.562. The van der Waals surface area contributed by atoms with Crippen molar-refractivity contribution in [1.29, 1.82) is 0 Å². The summed E-state index contributed by atoms with van der Waals surface area (Å²) in [6, 6.07) is 2.13. The number of allylic oxidation sites excluding steroid dienone is 12. The predicted molar refractivity (Wildman–Crippen MR) is 159 cm³/mol. The van der Waals surface area contributed by atoms with Crippen LogP contribution in [0.4, 0.5) is 0 Å². The number of aromatic nitrogens is 1. The van der Waals surface area contributed by atoms with Crippen molar-refractivity contribution < 1.29 is 0 Å². The molecule has 1 fully saturated rings. The van der Waals surface area contributed by atoms with Crippen LogP contribution in [0.5, 0.6) is 0 Å². The molecule has 0 bridgehead atoms. The highest BCUT2D eigenvalue weighted by atomic mass is 14.7. The van der Waals surface area contributed by atoms with Gasteiger partial charge in [-0.3, -0.25) is 4.99 Å². The summed E-state index contributed by atoms with van der Waals surface area (Å²) in [5, 5.41) is 0.924. The Morgan fingerprint density at radius 2 is 1.92 bits per heavy atom. The first-order chi connectivity index (χ1) is 17.2. The Morgan fingerprint density at radius 1 is 1.19 bits per heavy atom. The predicted octanol–water partition coefficient (Wildman–Crippen LogP) is 9.18. The van der Waals surface area contributed by atoms with Crippen molar-refractivity contribution >= 4 is 11.6 Å². The Labute approximate surface area is 219 Å². The molecule has 0 spiro atoms. The van der Waals surface area contributed by atoms with Crippen LogP contribution in [-0.2, 0) is 0 Å². The molecule has 190 valence electrons. The maximum Gasteiger partial charge on any atom is 0.0739 e. The van der Waals surface area contributed by atoms with E-state index in [2.05, 4.69) is 91.1 Å². The third kappa shape index (κ3) is 9.07. The summed E-state index contributed by atoms with van der Waals surface area (Å²) in [4.78, 5) is 10.0. The van der Waals surface area contributed by atoms with Crippen LogP contribution in [0.15, 0.2) is 95.7 Å². The van der Waals surface area contributed by atoms with E-state index in [1.807, 2.05) is 37.4 Å². The molecule has 1 atom stereocenters. The molecule has 1 aromatic rings. The van der Waals surface area contributed by atoms with Crippen LogP contribution in [0, 0.1) is 25.7 Å². The minimum atomic E-state index is 0.562. The van der Waals surface area contributed by atoms with Crippen LogP contribution >= 0.6 is 0 Å². The van der Waals surface area contributed by atoms with Crippen LogP contribution in [0.2, 0.25) is 0 Å². The van der Waals surface area contributed by atoms with Crippen molar-refractivity contribution in [3.05, 3.63) is 119 Å². The van der Waals surface area contributed by atoms with Gasteiger partial charge in [0.05, 0.1) is 16.7 Å². The van der Waals surface area contributed by atoms with Crippen LogP contribution in [0.3, 0.4) is 0 Å². The van der Waals surface area contributed by atoms with Crippen molar-refractivity contribution in [2.45, 2.75) is 67.7 Å². The summed E-state index contributed by atoms with van der Waals surface area (Å²) in [6.45, 7) is 22.9. The van der Waals surface area contributed by atoms with Gasteiger partial charge < -0.3 is 0 Å². The molecule has 2 heteroatoms. The fourth-order valence-electron chi connectivity index (χ4n) is 3.87. The summed E-state index contributed by atoms with van der Waals surface area (Å²) in [6.07, 6.45) is 24.5.